The maximum Gasteiger partial charge on any atom is 0.255 e. The van der Waals surface area contributed by atoms with Gasteiger partial charge >= 0.3 is 0 Å². The first-order valence-corrected chi connectivity index (χ1v) is 9.14. The van der Waals surface area contributed by atoms with Crippen molar-refractivity contribution in [2.24, 2.45) is 0 Å². The zero-order valence-electron chi connectivity index (χ0n) is 15.9. The van der Waals surface area contributed by atoms with Crippen LogP contribution in [0.1, 0.15) is 26.3 Å². The van der Waals surface area contributed by atoms with E-state index in [1.54, 1.807) is 67.8 Å². The molecule has 0 aliphatic carbocycles. The highest BCUT2D eigenvalue weighted by Crippen LogP contribution is 2.18. The maximum absolute atomic E-state index is 13.6. The smallest absolute Gasteiger partial charge is 0.255 e. The van der Waals surface area contributed by atoms with Gasteiger partial charge in [0.15, 0.2) is 0 Å². The molecule has 0 aromatic heterocycles. The quantitative estimate of drug-likeness (QED) is 0.637. The summed E-state index contributed by atoms with van der Waals surface area (Å²) in [6, 6.07) is 19.9. The minimum Gasteiger partial charge on any atom is -0.497 e. The molecule has 0 bridgehead atoms. The molecule has 0 atom stereocenters. The van der Waals surface area contributed by atoms with E-state index in [0.29, 0.717) is 41.1 Å². The summed E-state index contributed by atoms with van der Waals surface area (Å²) < 4.78 is 18.8. The first-order valence-electron chi connectivity index (χ1n) is 9.14. The van der Waals surface area contributed by atoms with Crippen molar-refractivity contribution in [3.8, 4) is 5.75 Å². The summed E-state index contributed by atoms with van der Waals surface area (Å²) in [5.74, 6) is -0.319. The normalized spacial score (nSPS) is 10.3. The Kier molecular flexibility index (Phi) is 6.58. The van der Waals surface area contributed by atoms with Crippen molar-refractivity contribution in [2.45, 2.75) is 6.42 Å². The van der Waals surface area contributed by atoms with Crippen LogP contribution in [0.25, 0.3) is 0 Å². The van der Waals surface area contributed by atoms with Crippen LogP contribution in [0.4, 0.5) is 10.1 Å². The van der Waals surface area contributed by atoms with E-state index in [2.05, 4.69) is 10.6 Å². The van der Waals surface area contributed by atoms with Gasteiger partial charge in [0, 0.05) is 29.4 Å². The van der Waals surface area contributed by atoms with Gasteiger partial charge in [0.25, 0.3) is 11.8 Å². The molecule has 0 radical (unpaired) electrons. The molecule has 0 unspecified atom stereocenters. The molecule has 148 valence electrons. The van der Waals surface area contributed by atoms with Crippen LogP contribution >= 0.6 is 0 Å². The minimum atomic E-state index is -0.334. The molecule has 0 saturated carbocycles. The summed E-state index contributed by atoms with van der Waals surface area (Å²) in [7, 11) is 1.55. The predicted octanol–water partition coefficient (Wildman–Crippen LogP) is 4.06. The fourth-order valence-electron chi connectivity index (χ4n) is 2.82. The standard InChI is InChI=1S/C23H21FN2O3/c1-29-20-10-5-9-19(15-20)26-23(28)18-8-4-7-17(14-18)22(27)25-13-12-16-6-2-3-11-21(16)24/h2-11,14-15H,12-13H2,1H3,(H,25,27)(H,26,28). The number of nitrogens with one attached hydrogen (secondary N) is 2. The molecule has 0 saturated heterocycles. The van der Waals surface area contributed by atoms with Crippen LogP contribution in [0.15, 0.2) is 72.8 Å². The molecular formula is C23H21FN2O3. The van der Waals surface area contributed by atoms with Crippen LogP contribution in [0, 0.1) is 5.82 Å². The van der Waals surface area contributed by atoms with Crippen LogP contribution in [0.3, 0.4) is 0 Å². The van der Waals surface area contributed by atoms with Crippen molar-refractivity contribution >= 4 is 17.5 Å². The Morgan fingerprint density at radius 1 is 0.897 bits per heavy atom. The number of hydrogen-bond donors (Lipinski definition) is 2. The van der Waals surface area contributed by atoms with Gasteiger partial charge in [0.2, 0.25) is 0 Å². The van der Waals surface area contributed by atoms with E-state index in [0.717, 1.165) is 0 Å². The minimum absolute atomic E-state index is 0.292. The van der Waals surface area contributed by atoms with E-state index in [1.807, 2.05) is 0 Å². The van der Waals surface area contributed by atoms with Crippen molar-refractivity contribution in [1.29, 1.82) is 0 Å². The van der Waals surface area contributed by atoms with Crippen molar-refractivity contribution in [2.75, 3.05) is 19.0 Å². The Morgan fingerprint density at radius 3 is 2.38 bits per heavy atom. The second-order valence-corrected chi connectivity index (χ2v) is 6.36. The van der Waals surface area contributed by atoms with Gasteiger partial charge in [-0.05, 0) is 48.4 Å². The maximum atomic E-state index is 13.6. The predicted molar refractivity (Wildman–Crippen MR) is 110 cm³/mol. The molecule has 2 amide bonds. The SMILES string of the molecule is COc1cccc(NC(=O)c2cccc(C(=O)NCCc3ccccc3F)c2)c1. The van der Waals surface area contributed by atoms with Crippen molar-refractivity contribution in [3.63, 3.8) is 0 Å². The fourth-order valence-corrected chi connectivity index (χ4v) is 2.82. The first-order chi connectivity index (χ1) is 14.1. The summed E-state index contributed by atoms with van der Waals surface area (Å²) in [4.78, 5) is 24.9. The van der Waals surface area contributed by atoms with Crippen LogP contribution in [-0.4, -0.2) is 25.5 Å². The molecule has 3 rings (SSSR count). The van der Waals surface area contributed by atoms with Gasteiger partial charge in [-0.2, -0.15) is 0 Å². The van der Waals surface area contributed by atoms with E-state index < -0.39 is 0 Å². The second-order valence-electron chi connectivity index (χ2n) is 6.36. The van der Waals surface area contributed by atoms with E-state index in [4.69, 9.17) is 4.74 Å². The summed E-state index contributed by atoms with van der Waals surface area (Å²) in [5, 5.41) is 5.53. The molecule has 5 nitrogen and oxygen atoms in total. The highest BCUT2D eigenvalue weighted by molar-refractivity contribution is 6.06. The van der Waals surface area contributed by atoms with Gasteiger partial charge in [0.05, 0.1) is 7.11 Å². The molecule has 6 heteroatoms. The highest BCUT2D eigenvalue weighted by Gasteiger charge is 2.11. The van der Waals surface area contributed by atoms with Crippen molar-refractivity contribution in [3.05, 3.63) is 95.3 Å². The first kappa shape index (κ1) is 20.1. The average Bonchev–Trinajstić information content (AvgIpc) is 2.75. The molecule has 0 aliphatic heterocycles. The van der Waals surface area contributed by atoms with Crippen LogP contribution < -0.4 is 15.4 Å². The zero-order chi connectivity index (χ0) is 20.6. The third kappa shape index (κ3) is 5.42. The number of hydrogen-bond acceptors (Lipinski definition) is 3. The third-order valence-corrected chi connectivity index (χ3v) is 4.35. The van der Waals surface area contributed by atoms with Crippen LogP contribution in [0.5, 0.6) is 5.75 Å². The Labute approximate surface area is 168 Å². The van der Waals surface area contributed by atoms with Gasteiger partial charge in [-0.1, -0.05) is 30.3 Å². The number of carbonyl (C=O) groups is 2. The summed E-state index contributed by atoms with van der Waals surface area (Å²) in [5.41, 5.74) is 1.85. The van der Waals surface area contributed by atoms with Gasteiger partial charge in [0.1, 0.15) is 11.6 Å². The average molecular weight is 392 g/mol. The molecule has 3 aromatic rings. The molecular weight excluding hydrogens is 371 g/mol. The molecule has 0 heterocycles. The highest BCUT2D eigenvalue weighted by atomic mass is 19.1. The molecule has 2 N–H and O–H groups in total. The largest absolute Gasteiger partial charge is 0.497 e. The Hall–Kier alpha value is -3.67. The van der Waals surface area contributed by atoms with Crippen LogP contribution in [0.2, 0.25) is 0 Å². The fraction of sp³-hybridized carbons (Fsp3) is 0.130. The van der Waals surface area contributed by atoms with E-state index in [9.17, 15) is 14.0 Å². The number of benzene rings is 3. The zero-order valence-corrected chi connectivity index (χ0v) is 15.9. The van der Waals surface area contributed by atoms with Crippen LogP contribution in [-0.2, 0) is 6.42 Å². The number of anilines is 1. The molecule has 0 aliphatic rings. The molecule has 0 spiro atoms. The number of rotatable bonds is 7. The lowest BCUT2D eigenvalue weighted by Gasteiger charge is -2.09. The summed E-state index contributed by atoms with van der Waals surface area (Å²) >= 11 is 0. The Balaban J connectivity index is 1.61. The number of ether oxygens (including phenoxy) is 1. The molecule has 3 aromatic carbocycles. The monoisotopic (exact) mass is 392 g/mol. The Morgan fingerprint density at radius 2 is 1.62 bits per heavy atom. The number of halogens is 1. The topological polar surface area (TPSA) is 67.4 Å². The molecule has 0 fully saturated rings. The van der Waals surface area contributed by atoms with Gasteiger partial charge in [-0.25, -0.2) is 4.39 Å². The number of carbonyl (C=O) groups excluding carboxylic acids is 2. The lowest BCUT2D eigenvalue weighted by molar-refractivity contribution is 0.0954. The summed E-state index contributed by atoms with van der Waals surface area (Å²) in [6.07, 6.45) is 0.383. The number of amides is 2. The Bertz CT molecular complexity index is 1020. The van der Waals surface area contributed by atoms with Gasteiger partial charge < -0.3 is 15.4 Å². The van der Waals surface area contributed by atoms with E-state index >= 15 is 0 Å². The van der Waals surface area contributed by atoms with E-state index in [-0.39, 0.29) is 17.6 Å². The van der Waals surface area contributed by atoms with E-state index in [1.165, 1.54) is 12.1 Å². The van der Waals surface area contributed by atoms with Gasteiger partial charge in [-0.15, -0.1) is 0 Å². The van der Waals surface area contributed by atoms with Gasteiger partial charge in [-0.3, -0.25) is 9.59 Å². The van der Waals surface area contributed by atoms with Crippen molar-refractivity contribution in [1.82, 2.24) is 5.32 Å². The molecule has 29 heavy (non-hydrogen) atoms. The lowest BCUT2D eigenvalue weighted by Crippen LogP contribution is -2.26. The second kappa shape index (κ2) is 9.50. The lowest BCUT2D eigenvalue weighted by atomic mass is 10.1. The third-order valence-electron chi connectivity index (χ3n) is 4.35. The number of methoxy groups -OCH3 is 1. The summed E-state index contributed by atoms with van der Waals surface area (Å²) in [6.45, 7) is 0.292. The van der Waals surface area contributed by atoms with Crippen molar-refractivity contribution < 1.29 is 18.7 Å².